The summed E-state index contributed by atoms with van der Waals surface area (Å²) in [4.78, 5) is 24.2. The van der Waals surface area contributed by atoms with Crippen LogP contribution in [0.2, 0.25) is 10.0 Å². The van der Waals surface area contributed by atoms with Gasteiger partial charge < -0.3 is 14.8 Å². The quantitative estimate of drug-likeness (QED) is 0.470. The number of hydrogen-bond donors (Lipinski definition) is 1. The Hall–Kier alpha value is -2.31. The lowest BCUT2D eigenvalue weighted by Crippen LogP contribution is -2.46. The first kappa shape index (κ1) is 26.3. The van der Waals surface area contributed by atoms with E-state index in [0.29, 0.717) is 68.0 Å². The van der Waals surface area contributed by atoms with E-state index in [1.54, 1.807) is 17.8 Å². The first-order valence-corrected chi connectivity index (χ1v) is 14.3. The van der Waals surface area contributed by atoms with Gasteiger partial charge in [0.1, 0.15) is 17.3 Å². The van der Waals surface area contributed by atoms with Gasteiger partial charge in [-0.1, -0.05) is 23.2 Å². The van der Waals surface area contributed by atoms with Crippen LogP contribution in [0.5, 0.6) is 0 Å². The zero-order chi connectivity index (χ0) is 26.5. The summed E-state index contributed by atoms with van der Waals surface area (Å²) in [6.07, 6.45) is 3.94. The van der Waals surface area contributed by atoms with Crippen molar-refractivity contribution in [1.29, 1.82) is 0 Å². The Morgan fingerprint density at radius 2 is 1.89 bits per heavy atom. The zero-order valence-electron chi connectivity index (χ0n) is 20.4. The molecule has 0 bridgehead atoms. The third-order valence-electron chi connectivity index (χ3n) is 7.10. The van der Waals surface area contributed by atoms with Gasteiger partial charge in [0.25, 0.3) is 10.0 Å². The molecule has 0 saturated carbocycles. The molecule has 13 heteroatoms. The summed E-state index contributed by atoms with van der Waals surface area (Å²) in [5.41, 5.74) is 0.843. The van der Waals surface area contributed by atoms with Crippen LogP contribution in [-0.2, 0) is 17.1 Å². The average Bonchev–Trinajstić information content (AvgIpc) is 3.19. The molecule has 2 saturated heterocycles. The van der Waals surface area contributed by atoms with E-state index in [-0.39, 0.29) is 32.8 Å². The lowest BCUT2D eigenvalue weighted by molar-refractivity contribution is 0.0891. The number of nitrogens with zero attached hydrogens (tertiary/aromatic N) is 5. The first-order chi connectivity index (χ1) is 17.6. The number of carbonyl (C=O) groups excluding carboxylic acids is 1. The van der Waals surface area contributed by atoms with Gasteiger partial charge >= 0.3 is 0 Å². The van der Waals surface area contributed by atoms with Gasteiger partial charge in [-0.05, 0) is 31.9 Å². The van der Waals surface area contributed by atoms with E-state index in [0.717, 1.165) is 6.20 Å². The van der Waals surface area contributed by atoms with E-state index in [1.165, 1.54) is 16.4 Å². The molecule has 0 aliphatic carbocycles. The molecule has 1 N–H and O–H groups in total. The van der Waals surface area contributed by atoms with Crippen LogP contribution in [0.3, 0.4) is 0 Å². The maximum Gasteiger partial charge on any atom is 0.262 e. The first-order valence-electron chi connectivity index (χ1n) is 12.1. The van der Waals surface area contributed by atoms with Crippen molar-refractivity contribution in [2.75, 3.05) is 37.6 Å². The maximum atomic E-state index is 13.6. The molecule has 198 valence electrons. The molecule has 0 radical (unpaired) electrons. The van der Waals surface area contributed by atoms with E-state index in [4.69, 9.17) is 23.2 Å². The molecule has 9 nitrogen and oxygen atoms in total. The number of sulfonamides is 1. The zero-order valence-corrected chi connectivity index (χ0v) is 22.7. The number of carbonyl (C=O) groups is 1. The topological polar surface area (TPSA) is 100 Å². The van der Waals surface area contributed by atoms with Crippen LogP contribution >= 0.6 is 23.2 Å². The number of Topliss-reactive ketones (excluding diaryl/α,β-unsaturated/α-hetero) is 1. The molecule has 37 heavy (non-hydrogen) atoms. The van der Waals surface area contributed by atoms with E-state index in [2.05, 4.69) is 15.3 Å². The highest BCUT2D eigenvalue weighted by molar-refractivity contribution is 7.89. The van der Waals surface area contributed by atoms with Crippen LogP contribution in [-0.4, -0.2) is 71.8 Å². The lowest BCUT2D eigenvalue weighted by atomic mass is 9.85. The SMILES string of the molecule is C[C@@H]1C[C@H](C(=O)c2cn(C)c3nc(S(=O)(=O)N4CCNCC4)c(Cl)cc23)CCN1c1ncc(F)cc1Cl. The van der Waals surface area contributed by atoms with E-state index in [1.807, 2.05) is 11.8 Å². The van der Waals surface area contributed by atoms with Crippen LogP contribution in [0, 0.1) is 11.7 Å². The number of fused-ring (bicyclic) bond motifs is 1. The fraction of sp³-hybridized carbons (Fsp3) is 0.458. The van der Waals surface area contributed by atoms with Crippen molar-refractivity contribution in [2.45, 2.75) is 30.8 Å². The Morgan fingerprint density at radius 1 is 1.16 bits per heavy atom. The standard InChI is InChI=1S/C24H27Cl2FN6O3S/c1-14-9-15(3-6-33(14)23-19(25)10-16(27)12-29-23)21(34)18-13-31(2)22-17(18)11-20(26)24(30-22)37(35,36)32-7-4-28-5-8-32/h10-15,28H,3-9H2,1-2H3/t14-,15-/m1/s1. The highest BCUT2D eigenvalue weighted by Gasteiger charge is 2.35. The van der Waals surface area contributed by atoms with Crippen molar-refractivity contribution in [1.82, 2.24) is 24.2 Å². The second-order valence-corrected chi connectivity index (χ2v) is 12.2. The molecule has 2 atom stereocenters. The van der Waals surface area contributed by atoms with Gasteiger partial charge in [-0.15, -0.1) is 0 Å². The second kappa shape index (κ2) is 10.1. The number of aryl methyl sites for hydroxylation is 1. The molecule has 2 aliphatic rings. The van der Waals surface area contributed by atoms with Crippen LogP contribution in [0.4, 0.5) is 10.2 Å². The van der Waals surface area contributed by atoms with Crippen molar-refractivity contribution in [3.05, 3.63) is 46.0 Å². The number of halogens is 3. The van der Waals surface area contributed by atoms with Crippen LogP contribution in [0.15, 0.2) is 29.6 Å². The van der Waals surface area contributed by atoms with Gasteiger partial charge in [-0.25, -0.2) is 22.8 Å². The van der Waals surface area contributed by atoms with Gasteiger partial charge in [-0.3, -0.25) is 4.79 Å². The number of piperidine rings is 1. The molecule has 5 heterocycles. The fourth-order valence-corrected chi connectivity index (χ4v) is 7.32. The summed E-state index contributed by atoms with van der Waals surface area (Å²) in [7, 11) is -2.14. The molecule has 5 rings (SSSR count). The summed E-state index contributed by atoms with van der Waals surface area (Å²) in [6, 6.07) is 2.72. The molecular weight excluding hydrogens is 542 g/mol. The minimum atomic E-state index is -3.87. The van der Waals surface area contributed by atoms with Crippen molar-refractivity contribution in [3.63, 3.8) is 0 Å². The van der Waals surface area contributed by atoms with Gasteiger partial charge in [0.2, 0.25) is 0 Å². The highest BCUT2D eigenvalue weighted by Crippen LogP contribution is 2.35. The van der Waals surface area contributed by atoms with Gasteiger partial charge in [0.15, 0.2) is 10.8 Å². The number of aromatic nitrogens is 3. The second-order valence-electron chi connectivity index (χ2n) is 9.54. The molecule has 3 aromatic heterocycles. The molecule has 0 amide bonds. The van der Waals surface area contributed by atoms with E-state index >= 15 is 0 Å². The molecule has 0 unspecified atom stereocenters. The van der Waals surface area contributed by atoms with Crippen LogP contribution < -0.4 is 10.2 Å². The number of piperazine rings is 1. The Morgan fingerprint density at radius 3 is 2.57 bits per heavy atom. The molecule has 0 aromatic carbocycles. The maximum absolute atomic E-state index is 13.6. The minimum Gasteiger partial charge on any atom is -0.353 e. The Labute approximate surface area is 224 Å². The third kappa shape index (κ3) is 4.83. The van der Waals surface area contributed by atoms with Crippen molar-refractivity contribution < 1.29 is 17.6 Å². The van der Waals surface area contributed by atoms with Gasteiger partial charge in [-0.2, -0.15) is 4.31 Å². The van der Waals surface area contributed by atoms with Crippen LogP contribution in [0.1, 0.15) is 30.1 Å². The normalized spacial score (nSPS) is 21.5. The molecule has 2 fully saturated rings. The molecular formula is C24H27Cl2FN6O3S. The van der Waals surface area contributed by atoms with E-state index < -0.39 is 15.8 Å². The molecule has 0 spiro atoms. The summed E-state index contributed by atoms with van der Waals surface area (Å²) in [6.45, 7) is 4.31. The van der Waals surface area contributed by atoms with E-state index in [9.17, 15) is 17.6 Å². The predicted octanol–water partition coefficient (Wildman–Crippen LogP) is 3.50. The third-order valence-corrected chi connectivity index (χ3v) is 9.63. The number of ketones is 1. The number of hydrogen-bond acceptors (Lipinski definition) is 7. The van der Waals surface area contributed by atoms with Crippen molar-refractivity contribution in [2.24, 2.45) is 13.0 Å². The van der Waals surface area contributed by atoms with Gasteiger partial charge in [0.05, 0.1) is 16.2 Å². The molecule has 2 aliphatic heterocycles. The van der Waals surface area contributed by atoms with Crippen molar-refractivity contribution >= 4 is 55.9 Å². The van der Waals surface area contributed by atoms with Crippen molar-refractivity contribution in [3.8, 4) is 0 Å². The molecule has 3 aromatic rings. The summed E-state index contributed by atoms with van der Waals surface area (Å²) in [5.74, 6) is -0.315. The Bertz CT molecular complexity index is 1470. The summed E-state index contributed by atoms with van der Waals surface area (Å²) in [5, 5.41) is 3.68. The Balaban J connectivity index is 1.41. The van der Waals surface area contributed by atoms with Crippen LogP contribution in [0.25, 0.3) is 11.0 Å². The fourth-order valence-electron chi connectivity index (χ4n) is 5.20. The highest BCUT2D eigenvalue weighted by atomic mass is 35.5. The smallest absolute Gasteiger partial charge is 0.262 e. The average molecular weight is 569 g/mol. The summed E-state index contributed by atoms with van der Waals surface area (Å²) < 4.78 is 42.9. The Kier molecular flexibility index (Phi) is 7.18. The predicted molar refractivity (Wildman–Crippen MR) is 140 cm³/mol. The largest absolute Gasteiger partial charge is 0.353 e. The summed E-state index contributed by atoms with van der Waals surface area (Å²) >= 11 is 12.7. The monoisotopic (exact) mass is 568 g/mol. The number of nitrogens with one attached hydrogen (secondary N) is 1. The van der Waals surface area contributed by atoms with Gasteiger partial charge in [0, 0.05) is 68.9 Å². The number of pyridine rings is 2. The lowest BCUT2D eigenvalue weighted by Gasteiger charge is -2.38. The number of rotatable bonds is 5. The number of anilines is 1. The minimum absolute atomic E-state index is 0.00787.